The number of nitrogens with one attached hydrogen (secondary N) is 1. The van der Waals surface area contributed by atoms with Gasteiger partial charge in [-0.15, -0.1) is 0 Å². The number of rotatable bonds is 2. The number of carbonyl (C=O) groups is 2. The Morgan fingerprint density at radius 3 is 2.89 bits per heavy atom. The van der Waals surface area contributed by atoms with Gasteiger partial charge in [0.25, 0.3) is 5.91 Å². The molecule has 1 aromatic heterocycles. The van der Waals surface area contributed by atoms with Crippen LogP contribution in [0.4, 0.5) is 0 Å². The minimum absolute atomic E-state index is 0.0429. The summed E-state index contributed by atoms with van der Waals surface area (Å²) in [4.78, 5) is 30.9. The summed E-state index contributed by atoms with van der Waals surface area (Å²) >= 11 is 0. The molecule has 0 aliphatic carbocycles. The Hall–Kier alpha value is -1.78. The number of piperidine rings is 1. The fraction of sp³-hybridized carbons (Fsp3) is 0.571. The molecule has 2 saturated heterocycles. The predicted molar refractivity (Wildman–Crippen MR) is 70.7 cm³/mol. The number of H-pyrrole nitrogens is 1. The van der Waals surface area contributed by atoms with Gasteiger partial charge in [0.05, 0.1) is 0 Å². The van der Waals surface area contributed by atoms with Crippen molar-refractivity contribution in [3.05, 3.63) is 24.0 Å². The van der Waals surface area contributed by atoms with Crippen LogP contribution in [0, 0.1) is 0 Å². The number of hydrogen-bond donors (Lipinski definition) is 1. The van der Waals surface area contributed by atoms with Crippen molar-refractivity contribution in [3.63, 3.8) is 0 Å². The lowest BCUT2D eigenvalue weighted by Gasteiger charge is -2.37. The molecule has 0 spiro atoms. The topological polar surface area (TPSA) is 56.4 Å². The molecule has 0 aromatic carbocycles. The highest BCUT2D eigenvalue weighted by molar-refractivity contribution is 5.92. The van der Waals surface area contributed by atoms with E-state index in [0.29, 0.717) is 18.7 Å². The van der Waals surface area contributed by atoms with Crippen LogP contribution in [0.15, 0.2) is 18.3 Å². The molecular weight excluding hydrogens is 242 g/mol. The highest BCUT2D eigenvalue weighted by Gasteiger charge is 2.33. The summed E-state index contributed by atoms with van der Waals surface area (Å²) in [6.07, 6.45) is 5.38. The maximum atomic E-state index is 12.3. The van der Waals surface area contributed by atoms with Gasteiger partial charge in [-0.1, -0.05) is 0 Å². The lowest BCUT2D eigenvalue weighted by atomic mass is 10.0. The van der Waals surface area contributed by atoms with E-state index in [9.17, 15) is 9.59 Å². The molecule has 0 radical (unpaired) electrons. The summed E-state index contributed by atoms with van der Waals surface area (Å²) in [5, 5.41) is 0. The third-order valence-corrected chi connectivity index (χ3v) is 4.06. The van der Waals surface area contributed by atoms with E-state index in [2.05, 4.69) is 4.98 Å². The van der Waals surface area contributed by atoms with Crippen LogP contribution >= 0.6 is 0 Å². The van der Waals surface area contributed by atoms with Gasteiger partial charge in [-0.25, -0.2) is 0 Å². The molecule has 2 fully saturated rings. The monoisotopic (exact) mass is 261 g/mol. The molecule has 0 saturated carbocycles. The summed E-state index contributed by atoms with van der Waals surface area (Å²) in [7, 11) is 0. The van der Waals surface area contributed by atoms with E-state index in [1.807, 2.05) is 15.9 Å². The van der Waals surface area contributed by atoms with Crippen LogP contribution in [-0.4, -0.2) is 52.3 Å². The van der Waals surface area contributed by atoms with Crippen LogP contribution < -0.4 is 0 Å². The fourth-order valence-electron chi connectivity index (χ4n) is 3.08. The molecule has 3 heterocycles. The van der Waals surface area contributed by atoms with Crippen LogP contribution in [0.2, 0.25) is 0 Å². The van der Waals surface area contributed by atoms with Crippen molar-refractivity contribution in [3.8, 4) is 0 Å². The van der Waals surface area contributed by atoms with Gasteiger partial charge in [-0.05, 0) is 31.4 Å². The lowest BCUT2D eigenvalue weighted by molar-refractivity contribution is -0.130. The second kappa shape index (κ2) is 5.07. The molecule has 2 amide bonds. The Labute approximate surface area is 112 Å². The van der Waals surface area contributed by atoms with Crippen molar-refractivity contribution in [2.45, 2.75) is 31.7 Å². The molecule has 102 valence electrons. The quantitative estimate of drug-likeness (QED) is 0.871. The highest BCUT2D eigenvalue weighted by Crippen LogP contribution is 2.22. The molecule has 5 heteroatoms. The Morgan fingerprint density at radius 2 is 2.21 bits per heavy atom. The Bertz CT molecular complexity index is 469. The zero-order valence-electron chi connectivity index (χ0n) is 11.0. The zero-order valence-corrected chi connectivity index (χ0v) is 11.0. The van der Waals surface area contributed by atoms with E-state index in [1.165, 1.54) is 0 Å². The molecule has 5 nitrogen and oxygen atoms in total. The van der Waals surface area contributed by atoms with Crippen molar-refractivity contribution in [2.75, 3.05) is 19.6 Å². The summed E-state index contributed by atoms with van der Waals surface area (Å²) in [5.74, 6) is 0.292. The van der Waals surface area contributed by atoms with Gasteiger partial charge < -0.3 is 14.8 Å². The highest BCUT2D eigenvalue weighted by atomic mass is 16.2. The number of carbonyl (C=O) groups excluding carboxylic acids is 2. The maximum Gasteiger partial charge on any atom is 0.270 e. The van der Waals surface area contributed by atoms with Gasteiger partial charge in [0.1, 0.15) is 5.69 Å². The van der Waals surface area contributed by atoms with Gasteiger partial charge in [-0.2, -0.15) is 0 Å². The van der Waals surface area contributed by atoms with Gasteiger partial charge >= 0.3 is 0 Å². The minimum Gasteiger partial charge on any atom is -0.357 e. The first-order valence-corrected chi connectivity index (χ1v) is 6.98. The largest absolute Gasteiger partial charge is 0.357 e. The molecular formula is C14H19N3O2. The second-order valence-corrected chi connectivity index (χ2v) is 5.32. The molecule has 2 aliphatic rings. The number of hydrogen-bond acceptors (Lipinski definition) is 2. The van der Waals surface area contributed by atoms with Crippen molar-refractivity contribution in [1.82, 2.24) is 14.8 Å². The number of nitrogens with zero attached hydrogens (tertiary/aromatic N) is 2. The summed E-state index contributed by atoms with van der Waals surface area (Å²) in [6, 6.07) is 3.84. The number of likely N-dealkylation sites (tertiary alicyclic amines) is 2. The van der Waals surface area contributed by atoms with Crippen molar-refractivity contribution in [2.24, 2.45) is 0 Å². The van der Waals surface area contributed by atoms with Crippen LogP contribution in [0.25, 0.3) is 0 Å². The smallest absolute Gasteiger partial charge is 0.270 e. The molecule has 1 aromatic rings. The normalized spacial score (nSPS) is 24.0. The molecule has 3 rings (SSSR count). The van der Waals surface area contributed by atoms with E-state index < -0.39 is 0 Å². The summed E-state index contributed by atoms with van der Waals surface area (Å²) < 4.78 is 0. The van der Waals surface area contributed by atoms with Gasteiger partial charge in [0.15, 0.2) is 0 Å². The van der Waals surface area contributed by atoms with E-state index >= 15 is 0 Å². The SMILES string of the molecule is O=C(c1ccc[nH]1)N1CCC[C@H](N2CCCC2=O)C1. The first-order valence-electron chi connectivity index (χ1n) is 6.98. The summed E-state index contributed by atoms with van der Waals surface area (Å²) in [6.45, 7) is 2.31. The zero-order chi connectivity index (χ0) is 13.2. The van der Waals surface area contributed by atoms with Crippen LogP contribution in [0.3, 0.4) is 0 Å². The van der Waals surface area contributed by atoms with E-state index in [-0.39, 0.29) is 17.9 Å². The third-order valence-electron chi connectivity index (χ3n) is 4.06. The predicted octanol–water partition coefficient (Wildman–Crippen LogP) is 1.24. The van der Waals surface area contributed by atoms with Crippen LogP contribution in [-0.2, 0) is 4.79 Å². The standard InChI is InChI=1S/C14H19N3O2/c18-13-6-3-9-17(13)11-4-2-8-16(10-11)14(19)12-5-1-7-15-12/h1,5,7,11,15H,2-4,6,8-10H2/t11-/m0/s1. The lowest BCUT2D eigenvalue weighted by Crippen LogP contribution is -2.50. The molecule has 2 aliphatic heterocycles. The molecule has 0 bridgehead atoms. The third kappa shape index (κ3) is 2.37. The van der Waals surface area contributed by atoms with Gasteiger partial charge in [0.2, 0.25) is 5.91 Å². The first-order chi connectivity index (χ1) is 9.25. The Morgan fingerprint density at radius 1 is 1.32 bits per heavy atom. The van der Waals surface area contributed by atoms with Crippen molar-refractivity contribution in [1.29, 1.82) is 0 Å². The maximum absolute atomic E-state index is 12.3. The van der Waals surface area contributed by atoms with Gasteiger partial charge in [-0.3, -0.25) is 9.59 Å². The summed E-state index contributed by atoms with van der Waals surface area (Å²) in [5.41, 5.74) is 0.633. The molecule has 1 atom stereocenters. The first kappa shape index (κ1) is 12.3. The van der Waals surface area contributed by atoms with Crippen molar-refractivity contribution >= 4 is 11.8 Å². The Balaban J connectivity index is 1.68. The van der Waals surface area contributed by atoms with E-state index in [0.717, 1.165) is 32.4 Å². The van der Waals surface area contributed by atoms with E-state index in [4.69, 9.17) is 0 Å². The Kier molecular flexibility index (Phi) is 3.27. The van der Waals surface area contributed by atoms with Crippen LogP contribution in [0.1, 0.15) is 36.2 Å². The molecule has 1 N–H and O–H groups in total. The average Bonchev–Trinajstić information content (AvgIpc) is 3.09. The number of amides is 2. The van der Waals surface area contributed by atoms with Crippen LogP contribution in [0.5, 0.6) is 0 Å². The molecule has 19 heavy (non-hydrogen) atoms. The number of aromatic nitrogens is 1. The minimum atomic E-state index is 0.0429. The van der Waals surface area contributed by atoms with Crippen molar-refractivity contribution < 1.29 is 9.59 Å². The van der Waals surface area contributed by atoms with Gasteiger partial charge in [0, 0.05) is 38.3 Å². The number of aromatic amines is 1. The molecule has 0 unspecified atom stereocenters. The second-order valence-electron chi connectivity index (χ2n) is 5.32. The van der Waals surface area contributed by atoms with E-state index in [1.54, 1.807) is 12.3 Å². The fourth-order valence-corrected chi connectivity index (χ4v) is 3.08. The average molecular weight is 261 g/mol.